The Labute approximate surface area is 109 Å². The minimum absolute atomic E-state index is 0.114. The van der Waals surface area contributed by atoms with Crippen molar-refractivity contribution in [3.63, 3.8) is 0 Å². The zero-order chi connectivity index (χ0) is 13.2. The van der Waals surface area contributed by atoms with Crippen molar-refractivity contribution < 1.29 is 12.6 Å². The quantitative estimate of drug-likeness (QED) is 0.789. The van der Waals surface area contributed by atoms with Crippen LogP contribution in [0.3, 0.4) is 0 Å². The molecule has 0 saturated heterocycles. The second-order valence-corrected chi connectivity index (χ2v) is 6.96. The molecular formula is C14H20O3S. The summed E-state index contributed by atoms with van der Waals surface area (Å²) in [7, 11) is -3.37. The van der Waals surface area contributed by atoms with Gasteiger partial charge in [-0.25, -0.2) is 0 Å². The summed E-state index contributed by atoms with van der Waals surface area (Å²) in [4.78, 5) is 0. The standard InChI is InChI=1S/C14H20O3S/c1-12-5-7-13(8-6-12)14(9-3-4-10-14)11-17-18(2,15)16/h5-8H,3-4,9-11H2,1-2H3. The Morgan fingerprint density at radius 1 is 1.17 bits per heavy atom. The van der Waals surface area contributed by atoms with Gasteiger partial charge in [0.1, 0.15) is 0 Å². The first-order valence-electron chi connectivity index (χ1n) is 6.33. The number of hydrogen-bond acceptors (Lipinski definition) is 3. The predicted octanol–water partition coefficient (Wildman–Crippen LogP) is 2.78. The van der Waals surface area contributed by atoms with Crippen LogP contribution in [0.5, 0.6) is 0 Å². The molecule has 0 unspecified atom stereocenters. The molecule has 1 aliphatic rings. The van der Waals surface area contributed by atoms with Crippen molar-refractivity contribution in [2.75, 3.05) is 12.9 Å². The van der Waals surface area contributed by atoms with E-state index in [1.165, 1.54) is 11.1 Å². The average molecular weight is 268 g/mol. The molecule has 0 amide bonds. The molecule has 0 bridgehead atoms. The van der Waals surface area contributed by atoms with Gasteiger partial charge in [-0.15, -0.1) is 0 Å². The Balaban J connectivity index is 2.24. The Bertz CT molecular complexity index is 496. The third-order valence-electron chi connectivity index (χ3n) is 3.77. The van der Waals surface area contributed by atoms with E-state index in [0.29, 0.717) is 0 Å². The Morgan fingerprint density at radius 2 is 1.72 bits per heavy atom. The predicted molar refractivity (Wildman–Crippen MR) is 72.1 cm³/mol. The van der Waals surface area contributed by atoms with Gasteiger partial charge in [-0.05, 0) is 25.3 Å². The highest BCUT2D eigenvalue weighted by molar-refractivity contribution is 7.85. The molecule has 0 aliphatic heterocycles. The molecular weight excluding hydrogens is 248 g/mol. The van der Waals surface area contributed by atoms with Gasteiger partial charge >= 0.3 is 0 Å². The van der Waals surface area contributed by atoms with E-state index >= 15 is 0 Å². The second kappa shape index (κ2) is 5.02. The molecule has 0 spiro atoms. The summed E-state index contributed by atoms with van der Waals surface area (Å²) in [6.45, 7) is 2.33. The molecule has 3 nitrogen and oxygen atoms in total. The maximum Gasteiger partial charge on any atom is 0.264 e. The molecule has 1 saturated carbocycles. The van der Waals surface area contributed by atoms with E-state index in [9.17, 15) is 8.42 Å². The van der Waals surface area contributed by atoms with E-state index < -0.39 is 10.1 Å². The van der Waals surface area contributed by atoms with E-state index in [2.05, 4.69) is 31.2 Å². The third-order valence-corrected chi connectivity index (χ3v) is 4.32. The van der Waals surface area contributed by atoms with Crippen LogP contribution in [0.15, 0.2) is 24.3 Å². The van der Waals surface area contributed by atoms with Crippen LogP contribution in [0.25, 0.3) is 0 Å². The molecule has 4 heteroatoms. The molecule has 0 radical (unpaired) electrons. The highest BCUT2D eigenvalue weighted by Gasteiger charge is 2.36. The van der Waals surface area contributed by atoms with Crippen LogP contribution >= 0.6 is 0 Å². The van der Waals surface area contributed by atoms with Crippen LogP contribution in [0.2, 0.25) is 0 Å². The van der Waals surface area contributed by atoms with Crippen molar-refractivity contribution >= 4 is 10.1 Å². The minimum atomic E-state index is -3.37. The zero-order valence-electron chi connectivity index (χ0n) is 11.0. The molecule has 100 valence electrons. The highest BCUT2D eigenvalue weighted by atomic mass is 32.2. The Hall–Kier alpha value is -0.870. The number of rotatable bonds is 4. The zero-order valence-corrected chi connectivity index (χ0v) is 11.8. The number of aryl methyl sites for hydroxylation is 1. The van der Waals surface area contributed by atoms with Crippen molar-refractivity contribution in [1.82, 2.24) is 0 Å². The highest BCUT2D eigenvalue weighted by Crippen LogP contribution is 2.41. The number of hydrogen-bond donors (Lipinski definition) is 0. The lowest BCUT2D eigenvalue weighted by Crippen LogP contribution is -2.29. The van der Waals surface area contributed by atoms with Crippen LogP contribution in [-0.4, -0.2) is 21.3 Å². The van der Waals surface area contributed by atoms with E-state index in [4.69, 9.17) is 4.18 Å². The fraction of sp³-hybridized carbons (Fsp3) is 0.571. The Morgan fingerprint density at radius 3 is 2.22 bits per heavy atom. The summed E-state index contributed by atoms with van der Waals surface area (Å²) < 4.78 is 27.5. The van der Waals surface area contributed by atoms with E-state index in [0.717, 1.165) is 31.9 Å². The van der Waals surface area contributed by atoms with E-state index in [1.54, 1.807) is 0 Å². The van der Waals surface area contributed by atoms with Crippen LogP contribution in [0.4, 0.5) is 0 Å². The Kier molecular flexibility index (Phi) is 3.78. The van der Waals surface area contributed by atoms with Gasteiger partial charge in [-0.2, -0.15) is 8.42 Å². The molecule has 1 aromatic carbocycles. The van der Waals surface area contributed by atoms with Gasteiger partial charge in [-0.1, -0.05) is 42.7 Å². The summed E-state index contributed by atoms with van der Waals surface area (Å²) in [6, 6.07) is 8.37. The fourth-order valence-electron chi connectivity index (χ4n) is 2.70. The van der Waals surface area contributed by atoms with Gasteiger partial charge in [0.25, 0.3) is 10.1 Å². The monoisotopic (exact) mass is 268 g/mol. The van der Waals surface area contributed by atoms with E-state index in [1.807, 2.05) is 0 Å². The van der Waals surface area contributed by atoms with Crippen LogP contribution in [0, 0.1) is 6.92 Å². The van der Waals surface area contributed by atoms with Crippen molar-refractivity contribution in [3.05, 3.63) is 35.4 Å². The third kappa shape index (κ3) is 3.12. The molecule has 1 aliphatic carbocycles. The number of benzene rings is 1. The van der Waals surface area contributed by atoms with Gasteiger partial charge in [0.15, 0.2) is 0 Å². The lowest BCUT2D eigenvalue weighted by atomic mass is 9.79. The maximum absolute atomic E-state index is 11.2. The maximum atomic E-state index is 11.2. The molecule has 1 aromatic rings. The summed E-state index contributed by atoms with van der Waals surface area (Å²) in [5.74, 6) is 0. The van der Waals surface area contributed by atoms with Gasteiger partial charge < -0.3 is 0 Å². The van der Waals surface area contributed by atoms with Gasteiger partial charge in [-0.3, -0.25) is 4.18 Å². The van der Waals surface area contributed by atoms with Crippen LogP contribution in [0.1, 0.15) is 36.8 Å². The van der Waals surface area contributed by atoms with Crippen molar-refractivity contribution in [1.29, 1.82) is 0 Å². The van der Waals surface area contributed by atoms with E-state index in [-0.39, 0.29) is 12.0 Å². The lowest BCUT2D eigenvalue weighted by Gasteiger charge is -2.28. The first-order chi connectivity index (χ1) is 8.41. The molecule has 0 atom stereocenters. The largest absolute Gasteiger partial charge is 0.269 e. The first kappa shape index (κ1) is 13.6. The minimum Gasteiger partial charge on any atom is -0.269 e. The fourth-order valence-corrected chi connectivity index (χ4v) is 3.13. The van der Waals surface area contributed by atoms with Crippen LogP contribution in [-0.2, 0) is 19.7 Å². The second-order valence-electron chi connectivity index (χ2n) is 5.32. The van der Waals surface area contributed by atoms with Gasteiger partial charge in [0.05, 0.1) is 12.9 Å². The molecule has 18 heavy (non-hydrogen) atoms. The van der Waals surface area contributed by atoms with Crippen molar-refractivity contribution in [2.24, 2.45) is 0 Å². The smallest absolute Gasteiger partial charge is 0.264 e. The first-order valence-corrected chi connectivity index (χ1v) is 8.15. The summed E-state index contributed by atoms with van der Waals surface area (Å²) in [5.41, 5.74) is 2.31. The summed E-state index contributed by atoms with van der Waals surface area (Å²) in [5, 5.41) is 0. The molecule has 0 aromatic heterocycles. The lowest BCUT2D eigenvalue weighted by molar-refractivity contribution is 0.224. The van der Waals surface area contributed by atoms with Crippen molar-refractivity contribution in [3.8, 4) is 0 Å². The normalized spacial score (nSPS) is 19.0. The van der Waals surface area contributed by atoms with Crippen LogP contribution < -0.4 is 0 Å². The average Bonchev–Trinajstić information content (AvgIpc) is 2.76. The molecule has 1 fully saturated rings. The van der Waals surface area contributed by atoms with Crippen molar-refractivity contribution in [2.45, 2.75) is 38.0 Å². The molecule has 0 N–H and O–H groups in total. The van der Waals surface area contributed by atoms with Gasteiger partial charge in [0.2, 0.25) is 0 Å². The topological polar surface area (TPSA) is 43.4 Å². The molecule has 0 heterocycles. The summed E-state index contributed by atoms with van der Waals surface area (Å²) in [6.07, 6.45) is 5.41. The molecule has 2 rings (SSSR count). The van der Waals surface area contributed by atoms with Gasteiger partial charge in [0, 0.05) is 5.41 Å². The SMILES string of the molecule is Cc1ccc(C2(COS(C)(=O)=O)CCCC2)cc1. The summed E-state index contributed by atoms with van der Waals surface area (Å²) >= 11 is 0.